The molecule has 1 aliphatic heterocycles. The van der Waals surface area contributed by atoms with Crippen LogP contribution in [0.4, 0.5) is 4.39 Å². The lowest BCUT2D eigenvalue weighted by molar-refractivity contribution is -0.129. The summed E-state index contributed by atoms with van der Waals surface area (Å²) >= 11 is 0. The van der Waals surface area contributed by atoms with Crippen molar-refractivity contribution in [2.24, 2.45) is 7.05 Å². The highest BCUT2D eigenvalue weighted by atomic mass is 19.1. The Morgan fingerprint density at radius 3 is 2.60 bits per heavy atom. The van der Waals surface area contributed by atoms with Crippen LogP contribution in [0.25, 0.3) is 22.4 Å². The van der Waals surface area contributed by atoms with Gasteiger partial charge in [-0.3, -0.25) is 14.5 Å². The number of aryl methyl sites for hydroxylation is 1. The first kappa shape index (κ1) is 15.5. The summed E-state index contributed by atoms with van der Waals surface area (Å²) in [5.41, 5.74) is 5.58. The van der Waals surface area contributed by atoms with Crippen LogP contribution in [-0.4, -0.2) is 25.6 Å². The fourth-order valence-corrected chi connectivity index (χ4v) is 3.26. The number of hydrogen-bond donors (Lipinski definition) is 0. The third-order valence-electron chi connectivity index (χ3n) is 4.52. The fourth-order valence-electron chi connectivity index (χ4n) is 3.26. The number of rotatable bonds is 2. The van der Waals surface area contributed by atoms with E-state index in [0.717, 1.165) is 33.6 Å². The third kappa shape index (κ3) is 2.69. The quantitative estimate of drug-likeness (QED) is 0.722. The molecule has 0 bridgehead atoms. The highest BCUT2D eigenvalue weighted by Crippen LogP contribution is 2.36. The predicted octanol–water partition coefficient (Wildman–Crippen LogP) is 3.15. The van der Waals surface area contributed by atoms with Gasteiger partial charge in [-0.25, -0.2) is 4.39 Å². The highest BCUT2D eigenvalue weighted by molar-refractivity contribution is 5.83. The molecule has 5 nitrogen and oxygen atoms in total. The van der Waals surface area contributed by atoms with Gasteiger partial charge in [-0.15, -0.1) is 0 Å². The molecule has 0 N–H and O–H groups in total. The van der Waals surface area contributed by atoms with Gasteiger partial charge in [0.1, 0.15) is 11.5 Å². The minimum atomic E-state index is -0.275. The van der Waals surface area contributed by atoms with Gasteiger partial charge in [-0.2, -0.15) is 5.10 Å². The lowest BCUT2D eigenvalue weighted by atomic mass is 9.98. The smallest absolute Gasteiger partial charge is 0.220 e. The molecule has 0 unspecified atom stereocenters. The Morgan fingerprint density at radius 2 is 1.88 bits per heavy atom. The molecule has 3 aromatic rings. The van der Waals surface area contributed by atoms with Gasteiger partial charge in [0, 0.05) is 49.6 Å². The number of amides is 1. The molecule has 126 valence electrons. The van der Waals surface area contributed by atoms with Gasteiger partial charge in [0.2, 0.25) is 5.91 Å². The van der Waals surface area contributed by atoms with Crippen molar-refractivity contribution in [2.75, 3.05) is 0 Å². The molecule has 0 spiro atoms. The second kappa shape index (κ2) is 5.81. The van der Waals surface area contributed by atoms with Crippen LogP contribution in [0, 0.1) is 5.82 Å². The highest BCUT2D eigenvalue weighted by Gasteiger charge is 2.26. The Kier molecular flexibility index (Phi) is 3.60. The van der Waals surface area contributed by atoms with Gasteiger partial charge < -0.3 is 4.90 Å². The first-order valence-electron chi connectivity index (χ1n) is 8.05. The molecule has 0 fully saturated rings. The maximum absolute atomic E-state index is 13.3. The summed E-state index contributed by atoms with van der Waals surface area (Å²) in [6, 6.07) is 8.27. The number of carbonyl (C=O) groups is 1. The first-order valence-corrected chi connectivity index (χ1v) is 8.05. The average Bonchev–Trinajstić information content (AvgIpc) is 3.19. The Labute approximate surface area is 144 Å². The maximum Gasteiger partial charge on any atom is 0.220 e. The molecule has 25 heavy (non-hydrogen) atoms. The number of aromatic nitrogens is 3. The lowest BCUT2D eigenvalue weighted by Gasteiger charge is -2.11. The molecule has 1 amide bonds. The lowest BCUT2D eigenvalue weighted by Crippen LogP contribution is -2.21. The average molecular weight is 336 g/mol. The van der Waals surface area contributed by atoms with Gasteiger partial charge in [0.25, 0.3) is 0 Å². The van der Waals surface area contributed by atoms with E-state index in [1.165, 1.54) is 12.1 Å². The van der Waals surface area contributed by atoms with E-state index < -0.39 is 0 Å². The van der Waals surface area contributed by atoms with Crippen molar-refractivity contribution in [3.05, 3.63) is 59.8 Å². The van der Waals surface area contributed by atoms with Gasteiger partial charge >= 0.3 is 0 Å². The Balaban J connectivity index is 1.84. The molecule has 4 rings (SSSR count). The maximum atomic E-state index is 13.3. The number of carbonyl (C=O) groups excluding carboxylic acids is 1. The molecule has 2 aromatic heterocycles. The van der Waals surface area contributed by atoms with Crippen molar-refractivity contribution in [1.82, 2.24) is 19.7 Å². The number of pyridine rings is 1. The Morgan fingerprint density at radius 1 is 1.12 bits per heavy atom. The summed E-state index contributed by atoms with van der Waals surface area (Å²) in [6.45, 7) is 2.65. The van der Waals surface area contributed by atoms with Crippen molar-refractivity contribution in [1.29, 1.82) is 0 Å². The predicted molar refractivity (Wildman–Crippen MR) is 91.8 cm³/mol. The van der Waals surface area contributed by atoms with Crippen molar-refractivity contribution in [3.63, 3.8) is 0 Å². The zero-order chi connectivity index (χ0) is 17.6. The molecule has 1 aliphatic rings. The first-order chi connectivity index (χ1) is 12.0. The SMILES string of the molecule is CC(=O)N1Cc2nccc(-c3cn(C)nc3-c3ccc(F)cc3)c2C1. The van der Waals surface area contributed by atoms with Crippen LogP contribution in [0.2, 0.25) is 0 Å². The zero-order valence-electron chi connectivity index (χ0n) is 14.0. The standard InChI is InChI=1S/C19H17FN4O/c1-12(25)24-10-16-15(7-8-21-18(16)11-24)17-9-23(2)22-19(17)13-3-5-14(20)6-4-13/h3-9H,10-11H2,1-2H3. The van der Waals surface area contributed by atoms with Gasteiger partial charge in [0.05, 0.1) is 12.2 Å². The molecule has 0 saturated heterocycles. The van der Waals surface area contributed by atoms with Gasteiger partial charge in [-0.1, -0.05) is 0 Å². The van der Waals surface area contributed by atoms with Crippen LogP contribution >= 0.6 is 0 Å². The second-order valence-electron chi connectivity index (χ2n) is 6.23. The Hall–Kier alpha value is -3.02. The van der Waals surface area contributed by atoms with Crippen molar-refractivity contribution >= 4 is 5.91 Å². The summed E-state index contributed by atoms with van der Waals surface area (Å²) in [4.78, 5) is 17.9. The van der Waals surface area contributed by atoms with Crippen molar-refractivity contribution in [2.45, 2.75) is 20.0 Å². The third-order valence-corrected chi connectivity index (χ3v) is 4.52. The summed E-state index contributed by atoms with van der Waals surface area (Å²) in [5.74, 6) is -0.239. The second-order valence-corrected chi connectivity index (χ2v) is 6.23. The molecule has 0 aliphatic carbocycles. The van der Waals surface area contributed by atoms with Crippen LogP contribution in [0.3, 0.4) is 0 Å². The van der Waals surface area contributed by atoms with Crippen LogP contribution in [-0.2, 0) is 24.9 Å². The molecule has 0 atom stereocenters. The normalized spacial score (nSPS) is 13.2. The summed E-state index contributed by atoms with van der Waals surface area (Å²) in [6.07, 6.45) is 3.71. The van der Waals surface area contributed by atoms with Crippen LogP contribution in [0.1, 0.15) is 18.2 Å². The number of benzene rings is 1. The van der Waals surface area contributed by atoms with E-state index in [1.807, 2.05) is 19.3 Å². The van der Waals surface area contributed by atoms with Gasteiger partial charge in [0.15, 0.2) is 0 Å². The van der Waals surface area contributed by atoms with E-state index in [0.29, 0.717) is 13.1 Å². The van der Waals surface area contributed by atoms with Crippen molar-refractivity contribution in [3.8, 4) is 22.4 Å². The zero-order valence-corrected chi connectivity index (χ0v) is 14.0. The molecule has 3 heterocycles. The van der Waals surface area contributed by atoms with E-state index >= 15 is 0 Å². The number of hydrogen-bond acceptors (Lipinski definition) is 3. The van der Waals surface area contributed by atoms with E-state index in [4.69, 9.17) is 0 Å². The Bertz CT molecular complexity index is 962. The van der Waals surface area contributed by atoms with E-state index in [-0.39, 0.29) is 11.7 Å². The number of fused-ring (bicyclic) bond motifs is 1. The van der Waals surface area contributed by atoms with E-state index in [9.17, 15) is 9.18 Å². The molecule has 6 heteroatoms. The summed E-state index contributed by atoms with van der Waals surface area (Å²) < 4.78 is 15.0. The molecule has 0 saturated carbocycles. The van der Waals surface area contributed by atoms with E-state index in [2.05, 4.69) is 10.1 Å². The van der Waals surface area contributed by atoms with Crippen LogP contribution in [0.5, 0.6) is 0 Å². The minimum Gasteiger partial charge on any atom is -0.333 e. The van der Waals surface area contributed by atoms with Gasteiger partial charge in [-0.05, 0) is 35.9 Å². The van der Waals surface area contributed by atoms with Crippen LogP contribution < -0.4 is 0 Å². The van der Waals surface area contributed by atoms with E-state index in [1.54, 1.807) is 34.8 Å². The largest absolute Gasteiger partial charge is 0.333 e. The molecule has 0 radical (unpaired) electrons. The van der Waals surface area contributed by atoms with Crippen molar-refractivity contribution < 1.29 is 9.18 Å². The number of nitrogens with zero attached hydrogens (tertiary/aromatic N) is 4. The molecular weight excluding hydrogens is 319 g/mol. The van der Waals surface area contributed by atoms with Crippen LogP contribution in [0.15, 0.2) is 42.7 Å². The summed E-state index contributed by atoms with van der Waals surface area (Å²) in [5, 5.41) is 4.56. The molecular formula is C19H17FN4O. The fraction of sp³-hybridized carbons (Fsp3) is 0.211. The summed E-state index contributed by atoms with van der Waals surface area (Å²) in [7, 11) is 1.86. The monoisotopic (exact) mass is 336 g/mol. The minimum absolute atomic E-state index is 0.0360. The topological polar surface area (TPSA) is 51.0 Å². The molecule has 1 aromatic carbocycles. The number of halogens is 1.